The van der Waals surface area contributed by atoms with Crippen LogP contribution in [0.2, 0.25) is 0 Å². The minimum atomic E-state index is 0.490. The number of nitrogens with zero attached hydrogens (tertiary/aromatic N) is 4. The molecule has 0 fully saturated rings. The van der Waals surface area contributed by atoms with Gasteiger partial charge in [0.05, 0.1) is 11.0 Å². The van der Waals surface area contributed by atoms with Gasteiger partial charge in [-0.1, -0.05) is 56.3 Å². The van der Waals surface area contributed by atoms with Crippen LogP contribution in [0, 0.1) is 5.92 Å². The molecule has 0 radical (unpaired) electrons. The van der Waals surface area contributed by atoms with Gasteiger partial charge in [0, 0.05) is 33.9 Å². The van der Waals surface area contributed by atoms with E-state index in [0.29, 0.717) is 17.6 Å². The smallest absolute Gasteiger partial charge is 0.150 e. The standard InChI is InChI=1S/C16H17N3.C12H9N3/c1-10(2)7-11-8-13-12-5-3-4-6-14(12)19-16(17)15(13)18-9-11;13-12-11-9(5-3-7-14-11)8-4-1-2-6-10(8)15-12/h3-6,8-10H,7H2,1-2H3,(H2,17,19);1-7H,(H2,13,15). The van der Waals surface area contributed by atoms with Crippen molar-refractivity contribution < 1.29 is 0 Å². The van der Waals surface area contributed by atoms with Gasteiger partial charge in [-0.2, -0.15) is 0 Å². The lowest BCUT2D eigenvalue weighted by molar-refractivity contribution is 0.646. The lowest BCUT2D eigenvalue weighted by atomic mass is 10.0. The maximum absolute atomic E-state index is 6.00. The van der Waals surface area contributed by atoms with E-state index in [4.69, 9.17) is 11.5 Å². The van der Waals surface area contributed by atoms with Crippen LogP contribution in [0.5, 0.6) is 0 Å². The van der Waals surface area contributed by atoms with Gasteiger partial charge in [0.15, 0.2) is 11.6 Å². The van der Waals surface area contributed by atoms with Crippen LogP contribution in [0.4, 0.5) is 11.6 Å². The number of para-hydroxylation sites is 2. The van der Waals surface area contributed by atoms with Crippen LogP contribution in [0.1, 0.15) is 19.4 Å². The highest BCUT2D eigenvalue weighted by atomic mass is 14.9. The van der Waals surface area contributed by atoms with E-state index < -0.39 is 0 Å². The summed E-state index contributed by atoms with van der Waals surface area (Å²) in [6.45, 7) is 4.42. The molecule has 0 spiro atoms. The van der Waals surface area contributed by atoms with Gasteiger partial charge in [0.2, 0.25) is 0 Å². The van der Waals surface area contributed by atoms with Gasteiger partial charge < -0.3 is 11.5 Å². The summed E-state index contributed by atoms with van der Waals surface area (Å²) in [5.74, 6) is 1.61. The molecular formula is C28H26N6. The average molecular weight is 447 g/mol. The molecule has 0 saturated heterocycles. The van der Waals surface area contributed by atoms with Crippen molar-refractivity contribution in [2.75, 3.05) is 11.5 Å². The van der Waals surface area contributed by atoms with Crippen molar-refractivity contribution in [2.24, 2.45) is 5.92 Å². The summed E-state index contributed by atoms with van der Waals surface area (Å²) in [5, 5.41) is 4.36. The van der Waals surface area contributed by atoms with E-state index in [1.807, 2.05) is 60.8 Å². The minimum Gasteiger partial charge on any atom is -0.382 e. The molecular weight excluding hydrogens is 420 g/mol. The largest absolute Gasteiger partial charge is 0.382 e. The molecule has 0 aliphatic carbocycles. The molecule has 0 bridgehead atoms. The number of benzene rings is 2. The number of fused-ring (bicyclic) bond motifs is 6. The molecule has 2 aromatic carbocycles. The van der Waals surface area contributed by atoms with Crippen molar-refractivity contribution in [3.05, 3.63) is 84.7 Å². The van der Waals surface area contributed by atoms with E-state index in [1.165, 1.54) is 5.56 Å². The highest BCUT2D eigenvalue weighted by molar-refractivity contribution is 6.08. The summed E-state index contributed by atoms with van der Waals surface area (Å²) in [4.78, 5) is 17.5. The molecule has 0 amide bonds. The lowest BCUT2D eigenvalue weighted by Gasteiger charge is -2.09. The molecule has 0 aliphatic rings. The van der Waals surface area contributed by atoms with Crippen molar-refractivity contribution in [2.45, 2.75) is 20.3 Å². The van der Waals surface area contributed by atoms with Crippen molar-refractivity contribution in [3.63, 3.8) is 0 Å². The number of nitrogen functional groups attached to an aromatic ring is 2. The fraction of sp³-hybridized carbons (Fsp3) is 0.143. The monoisotopic (exact) mass is 446 g/mol. The van der Waals surface area contributed by atoms with Crippen molar-refractivity contribution in [1.82, 2.24) is 19.9 Å². The molecule has 4 N–H and O–H groups in total. The Labute approximate surface area is 197 Å². The predicted molar refractivity (Wildman–Crippen MR) is 141 cm³/mol. The van der Waals surface area contributed by atoms with Gasteiger partial charge >= 0.3 is 0 Å². The molecule has 4 heterocycles. The zero-order chi connectivity index (χ0) is 23.7. The first-order chi connectivity index (χ1) is 16.5. The Morgan fingerprint density at radius 1 is 0.676 bits per heavy atom. The van der Waals surface area contributed by atoms with Crippen molar-refractivity contribution in [3.8, 4) is 0 Å². The van der Waals surface area contributed by atoms with Crippen LogP contribution in [0.15, 0.2) is 79.1 Å². The minimum absolute atomic E-state index is 0.490. The van der Waals surface area contributed by atoms with Gasteiger partial charge in [-0.05, 0) is 42.2 Å². The number of hydrogen-bond donors (Lipinski definition) is 2. The molecule has 6 aromatic rings. The topological polar surface area (TPSA) is 104 Å². The second kappa shape index (κ2) is 8.90. The Hall–Kier alpha value is -4.32. The Morgan fingerprint density at radius 3 is 1.88 bits per heavy atom. The summed E-state index contributed by atoms with van der Waals surface area (Å²) in [6.07, 6.45) is 4.67. The third kappa shape index (κ3) is 4.06. The first kappa shape index (κ1) is 21.5. The molecule has 6 nitrogen and oxygen atoms in total. The van der Waals surface area contributed by atoms with E-state index in [9.17, 15) is 0 Å². The molecule has 34 heavy (non-hydrogen) atoms. The number of rotatable bonds is 2. The Morgan fingerprint density at radius 2 is 1.24 bits per heavy atom. The molecule has 0 aliphatic heterocycles. The fourth-order valence-electron chi connectivity index (χ4n) is 4.29. The molecule has 0 saturated carbocycles. The van der Waals surface area contributed by atoms with E-state index in [2.05, 4.69) is 45.9 Å². The van der Waals surface area contributed by atoms with Gasteiger partial charge in [-0.3, -0.25) is 9.97 Å². The SMILES string of the molecule is CC(C)Cc1cnc2c(N)nc3ccccc3c2c1.Nc1nc2ccccc2c2cccnc12. The number of pyridine rings is 4. The highest BCUT2D eigenvalue weighted by Gasteiger charge is 2.09. The lowest BCUT2D eigenvalue weighted by Crippen LogP contribution is -1.99. The zero-order valence-corrected chi connectivity index (χ0v) is 19.2. The third-order valence-corrected chi connectivity index (χ3v) is 5.75. The van der Waals surface area contributed by atoms with E-state index in [0.717, 1.165) is 50.0 Å². The second-order valence-electron chi connectivity index (χ2n) is 8.77. The Balaban J connectivity index is 0.000000145. The van der Waals surface area contributed by atoms with E-state index >= 15 is 0 Å². The summed E-state index contributed by atoms with van der Waals surface area (Å²) in [6, 6.07) is 22.1. The number of hydrogen-bond acceptors (Lipinski definition) is 6. The maximum Gasteiger partial charge on any atom is 0.150 e. The van der Waals surface area contributed by atoms with E-state index in [1.54, 1.807) is 6.20 Å². The second-order valence-corrected chi connectivity index (χ2v) is 8.77. The summed E-state index contributed by atoms with van der Waals surface area (Å²) < 4.78 is 0. The maximum atomic E-state index is 6.00. The quantitative estimate of drug-likeness (QED) is 0.320. The fourth-order valence-corrected chi connectivity index (χ4v) is 4.29. The van der Waals surface area contributed by atoms with Crippen LogP contribution in [0.25, 0.3) is 43.6 Å². The summed E-state index contributed by atoms with van der Waals surface area (Å²) in [7, 11) is 0. The average Bonchev–Trinajstić information content (AvgIpc) is 2.84. The summed E-state index contributed by atoms with van der Waals surface area (Å²) >= 11 is 0. The predicted octanol–water partition coefficient (Wildman–Crippen LogP) is 5.93. The third-order valence-electron chi connectivity index (χ3n) is 5.75. The molecule has 168 valence electrons. The van der Waals surface area contributed by atoms with Crippen molar-refractivity contribution >= 4 is 55.2 Å². The highest BCUT2D eigenvalue weighted by Crippen LogP contribution is 2.28. The van der Waals surface area contributed by atoms with Crippen LogP contribution < -0.4 is 11.5 Å². The molecule has 6 heteroatoms. The molecule has 6 rings (SSSR count). The Kier molecular flexibility index (Phi) is 5.64. The first-order valence-corrected chi connectivity index (χ1v) is 11.3. The number of anilines is 2. The molecule has 4 aromatic heterocycles. The number of aromatic nitrogens is 4. The van der Waals surface area contributed by atoms with Crippen LogP contribution in [-0.2, 0) is 6.42 Å². The van der Waals surface area contributed by atoms with Gasteiger partial charge in [0.1, 0.15) is 11.0 Å². The number of nitrogens with two attached hydrogens (primary N) is 2. The van der Waals surface area contributed by atoms with Gasteiger partial charge in [-0.25, -0.2) is 9.97 Å². The zero-order valence-electron chi connectivity index (χ0n) is 19.2. The Bertz CT molecular complexity index is 1640. The molecule has 0 unspecified atom stereocenters. The van der Waals surface area contributed by atoms with Crippen LogP contribution in [0.3, 0.4) is 0 Å². The first-order valence-electron chi connectivity index (χ1n) is 11.3. The van der Waals surface area contributed by atoms with Gasteiger partial charge in [-0.15, -0.1) is 0 Å². The normalized spacial score (nSPS) is 11.3. The molecule has 0 atom stereocenters. The van der Waals surface area contributed by atoms with Crippen LogP contribution in [-0.4, -0.2) is 19.9 Å². The van der Waals surface area contributed by atoms with E-state index in [-0.39, 0.29) is 0 Å². The van der Waals surface area contributed by atoms with Crippen molar-refractivity contribution in [1.29, 1.82) is 0 Å². The van der Waals surface area contributed by atoms with Crippen LogP contribution >= 0.6 is 0 Å². The summed E-state index contributed by atoms with van der Waals surface area (Å²) in [5.41, 5.74) is 16.5. The van der Waals surface area contributed by atoms with Gasteiger partial charge in [0.25, 0.3) is 0 Å².